The molecule has 0 fully saturated rings. The van der Waals surface area contributed by atoms with Gasteiger partial charge in [-0.2, -0.15) is 5.26 Å². The zero-order valence-electron chi connectivity index (χ0n) is 10.4. The van der Waals surface area contributed by atoms with Crippen molar-refractivity contribution in [2.75, 3.05) is 0 Å². The molecule has 2 aromatic rings. The second-order valence-corrected chi connectivity index (χ2v) is 4.88. The lowest BCUT2D eigenvalue weighted by Gasteiger charge is -2.14. The monoisotopic (exact) mass is 242 g/mol. The van der Waals surface area contributed by atoms with Gasteiger partial charge in [-0.05, 0) is 32.4 Å². The van der Waals surface area contributed by atoms with Crippen LogP contribution in [0.1, 0.15) is 20.3 Å². The molecule has 0 bridgehead atoms. The highest BCUT2D eigenvalue weighted by atomic mass is 16.1. The van der Waals surface area contributed by atoms with Crippen molar-refractivity contribution in [1.82, 2.24) is 15.0 Å². The van der Waals surface area contributed by atoms with Crippen molar-refractivity contribution in [3.63, 3.8) is 0 Å². The number of fused-ring (bicyclic) bond motifs is 1. The third kappa shape index (κ3) is 2.38. The summed E-state index contributed by atoms with van der Waals surface area (Å²) < 4.78 is 1.32. The van der Waals surface area contributed by atoms with E-state index in [1.807, 2.05) is 19.9 Å². The molecule has 0 N–H and O–H groups in total. The van der Waals surface area contributed by atoms with E-state index in [-0.39, 0.29) is 5.56 Å². The lowest BCUT2D eigenvalue weighted by Crippen LogP contribution is -2.26. The van der Waals surface area contributed by atoms with E-state index in [9.17, 15) is 4.79 Å². The third-order valence-electron chi connectivity index (χ3n) is 2.88. The van der Waals surface area contributed by atoms with E-state index >= 15 is 0 Å². The predicted octanol–water partition coefficient (Wildman–Crippen LogP) is 1.73. The second-order valence-electron chi connectivity index (χ2n) is 4.88. The summed E-state index contributed by atoms with van der Waals surface area (Å²) in [6.07, 6.45) is 0.566. The Balaban J connectivity index is 2.34. The highest BCUT2D eigenvalue weighted by molar-refractivity contribution is 5.76. The fraction of sp³-hybridized carbons (Fsp3) is 0.385. The first-order valence-corrected chi connectivity index (χ1v) is 5.77. The van der Waals surface area contributed by atoms with Crippen molar-refractivity contribution in [3.8, 4) is 6.07 Å². The number of aromatic nitrogens is 3. The summed E-state index contributed by atoms with van der Waals surface area (Å²) in [6.45, 7) is 4.08. The van der Waals surface area contributed by atoms with Gasteiger partial charge < -0.3 is 0 Å². The number of rotatable bonds is 3. The number of nitrogens with zero attached hydrogens (tertiary/aromatic N) is 4. The van der Waals surface area contributed by atoms with Gasteiger partial charge in [0.25, 0.3) is 5.56 Å². The van der Waals surface area contributed by atoms with Gasteiger partial charge in [0.2, 0.25) is 0 Å². The van der Waals surface area contributed by atoms with Gasteiger partial charge in [0, 0.05) is 6.54 Å². The third-order valence-corrected chi connectivity index (χ3v) is 2.88. The average molecular weight is 242 g/mol. The Morgan fingerprint density at radius 1 is 1.39 bits per heavy atom. The van der Waals surface area contributed by atoms with Crippen molar-refractivity contribution in [1.29, 1.82) is 5.26 Å². The van der Waals surface area contributed by atoms with Crippen LogP contribution < -0.4 is 5.56 Å². The van der Waals surface area contributed by atoms with Gasteiger partial charge in [0.1, 0.15) is 5.52 Å². The van der Waals surface area contributed by atoms with Gasteiger partial charge in [0.05, 0.1) is 16.9 Å². The van der Waals surface area contributed by atoms with Gasteiger partial charge >= 0.3 is 0 Å². The minimum absolute atomic E-state index is 0.158. The predicted molar refractivity (Wildman–Crippen MR) is 67.8 cm³/mol. The molecule has 1 aromatic heterocycles. The van der Waals surface area contributed by atoms with Crippen LogP contribution in [-0.4, -0.2) is 15.0 Å². The standard InChI is InChI=1S/C13H14N4O/c1-13(2,9-14)7-8-17-12(18)10-5-3-4-6-11(10)15-16-17/h3-6H,7-8H2,1-2H3. The van der Waals surface area contributed by atoms with Crippen LogP contribution >= 0.6 is 0 Å². The summed E-state index contributed by atoms with van der Waals surface area (Å²) in [5.74, 6) is 0. The van der Waals surface area contributed by atoms with Crippen LogP contribution in [-0.2, 0) is 6.54 Å². The summed E-state index contributed by atoms with van der Waals surface area (Å²) in [5, 5.41) is 17.4. The van der Waals surface area contributed by atoms with Gasteiger partial charge in [-0.1, -0.05) is 17.3 Å². The summed E-state index contributed by atoms with van der Waals surface area (Å²) in [7, 11) is 0. The van der Waals surface area contributed by atoms with Gasteiger partial charge in [-0.15, -0.1) is 5.10 Å². The molecule has 0 amide bonds. The fourth-order valence-electron chi connectivity index (χ4n) is 1.61. The van der Waals surface area contributed by atoms with Crippen LogP contribution in [0.2, 0.25) is 0 Å². The molecule has 2 rings (SSSR count). The zero-order valence-corrected chi connectivity index (χ0v) is 10.4. The maximum absolute atomic E-state index is 12.1. The average Bonchev–Trinajstić information content (AvgIpc) is 2.38. The molecule has 5 heteroatoms. The van der Waals surface area contributed by atoms with E-state index in [4.69, 9.17) is 5.26 Å². The van der Waals surface area contributed by atoms with Crippen molar-refractivity contribution in [3.05, 3.63) is 34.6 Å². The Morgan fingerprint density at radius 3 is 2.83 bits per heavy atom. The van der Waals surface area contributed by atoms with E-state index < -0.39 is 5.41 Å². The minimum atomic E-state index is -0.466. The molecular weight excluding hydrogens is 228 g/mol. The van der Waals surface area contributed by atoms with Crippen molar-refractivity contribution < 1.29 is 0 Å². The largest absolute Gasteiger partial charge is 0.277 e. The van der Waals surface area contributed by atoms with Crippen LogP contribution in [0.4, 0.5) is 0 Å². The summed E-state index contributed by atoms with van der Waals surface area (Å²) in [4.78, 5) is 12.1. The molecule has 1 heterocycles. The lowest BCUT2D eigenvalue weighted by atomic mass is 9.92. The van der Waals surface area contributed by atoms with Crippen LogP contribution in [0.25, 0.3) is 10.9 Å². The van der Waals surface area contributed by atoms with Crippen molar-refractivity contribution >= 4 is 10.9 Å². The Labute approximate surface area is 105 Å². The van der Waals surface area contributed by atoms with E-state index in [0.29, 0.717) is 23.9 Å². The molecule has 0 saturated carbocycles. The number of hydrogen-bond acceptors (Lipinski definition) is 4. The van der Waals surface area contributed by atoms with E-state index in [1.165, 1.54) is 4.68 Å². The fourth-order valence-corrected chi connectivity index (χ4v) is 1.61. The lowest BCUT2D eigenvalue weighted by molar-refractivity contribution is 0.386. The molecule has 0 saturated heterocycles. The Kier molecular flexibility index (Phi) is 3.11. The molecule has 0 aliphatic heterocycles. The summed E-state index contributed by atoms with van der Waals surface area (Å²) >= 11 is 0. The van der Waals surface area contributed by atoms with Crippen LogP contribution in [0, 0.1) is 16.7 Å². The van der Waals surface area contributed by atoms with E-state index in [0.717, 1.165) is 0 Å². The second kappa shape index (κ2) is 4.57. The Hall–Kier alpha value is -2.22. The molecule has 0 atom stereocenters. The highest BCUT2D eigenvalue weighted by Crippen LogP contribution is 2.18. The molecule has 92 valence electrons. The number of nitriles is 1. The molecule has 0 radical (unpaired) electrons. The quantitative estimate of drug-likeness (QED) is 0.821. The van der Waals surface area contributed by atoms with Crippen LogP contribution in [0.15, 0.2) is 29.1 Å². The Bertz CT molecular complexity index is 666. The molecule has 0 unspecified atom stereocenters. The maximum Gasteiger partial charge on any atom is 0.277 e. The number of aryl methyl sites for hydroxylation is 1. The molecule has 0 aliphatic rings. The number of hydrogen-bond donors (Lipinski definition) is 0. The summed E-state index contributed by atoms with van der Waals surface area (Å²) in [5.41, 5.74) is -0.0279. The number of benzene rings is 1. The zero-order chi connectivity index (χ0) is 13.2. The molecule has 18 heavy (non-hydrogen) atoms. The van der Waals surface area contributed by atoms with Crippen molar-refractivity contribution in [2.24, 2.45) is 5.41 Å². The van der Waals surface area contributed by atoms with Crippen molar-refractivity contribution in [2.45, 2.75) is 26.8 Å². The van der Waals surface area contributed by atoms with Gasteiger partial charge in [-0.3, -0.25) is 4.79 Å². The van der Waals surface area contributed by atoms with E-state index in [1.54, 1.807) is 18.2 Å². The first kappa shape index (κ1) is 12.2. The molecule has 5 nitrogen and oxygen atoms in total. The molecule has 1 aromatic carbocycles. The first-order valence-electron chi connectivity index (χ1n) is 5.77. The van der Waals surface area contributed by atoms with Gasteiger partial charge in [-0.25, -0.2) is 4.68 Å². The smallest absolute Gasteiger partial charge is 0.267 e. The topological polar surface area (TPSA) is 71.6 Å². The van der Waals surface area contributed by atoms with E-state index in [2.05, 4.69) is 16.4 Å². The van der Waals surface area contributed by atoms with Gasteiger partial charge in [0.15, 0.2) is 0 Å². The Morgan fingerprint density at radius 2 is 2.11 bits per heavy atom. The molecular formula is C13H14N4O. The molecule has 0 aliphatic carbocycles. The first-order chi connectivity index (χ1) is 8.53. The highest BCUT2D eigenvalue weighted by Gasteiger charge is 2.17. The summed E-state index contributed by atoms with van der Waals surface area (Å²) in [6, 6.07) is 9.32. The van der Waals surface area contributed by atoms with Crippen LogP contribution in [0.5, 0.6) is 0 Å². The van der Waals surface area contributed by atoms with Crippen LogP contribution in [0.3, 0.4) is 0 Å². The molecule has 0 spiro atoms. The maximum atomic E-state index is 12.1. The SMILES string of the molecule is CC(C)(C#N)CCn1nnc2ccccc2c1=O. The normalized spacial score (nSPS) is 11.4. The minimum Gasteiger partial charge on any atom is -0.267 e.